The molecule has 4 nitrogen and oxygen atoms in total. The highest BCUT2D eigenvalue weighted by atomic mass is 35.5. The van der Waals surface area contributed by atoms with Crippen LogP contribution in [0.1, 0.15) is 0 Å². The molecule has 0 atom stereocenters. The number of hydrogen-bond acceptors (Lipinski definition) is 2. The van der Waals surface area contributed by atoms with E-state index in [1.807, 2.05) is 35.9 Å². The van der Waals surface area contributed by atoms with Gasteiger partial charge in [0.25, 0.3) is 5.56 Å². The Morgan fingerprint density at radius 2 is 1.94 bits per heavy atom. The van der Waals surface area contributed by atoms with E-state index in [1.165, 1.54) is 0 Å². The highest BCUT2D eigenvalue weighted by Crippen LogP contribution is 2.26. The summed E-state index contributed by atoms with van der Waals surface area (Å²) >= 11 is 0. The van der Waals surface area contributed by atoms with Gasteiger partial charge in [-0.25, -0.2) is 0 Å². The fourth-order valence-electron chi connectivity index (χ4n) is 2.23. The van der Waals surface area contributed by atoms with Crippen LogP contribution in [0.25, 0.3) is 21.8 Å². The van der Waals surface area contributed by atoms with Crippen LogP contribution in [0.3, 0.4) is 0 Å². The Labute approximate surface area is 103 Å². The molecule has 2 aromatic heterocycles. The number of para-hydroxylation sites is 1. The van der Waals surface area contributed by atoms with Gasteiger partial charge in [-0.1, -0.05) is 18.2 Å². The van der Waals surface area contributed by atoms with Crippen LogP contribution in [-0.2, 0) is 7.05 Å². The number of aryl methyl sites for hydroxylation is 1. The van der Waals surface area contributed by atoms with Crippen molar-refractivity contribution in [1.29, 1.82) is 0 Å². The molecule has 5 heteroatoms. The smallest absolute Gasteiger partial charge is 0.274 e. The number of anilines is 1. The maximum absolute atomic E-state index is 11.8. The van der Waals surface area contributed by atoms with E-state index in [9.17, 15) is 4.79 Å². The zero-order chi connectivity index (χ0) is 11.3. The van der Waals surface area contributed by atoms with Crippen molar-refractivity contribution in [3.05, 3.63) is 40.7 Å². The van der Waals surface area contributed by atoms with Crippen molar-refractivity contribution in [2.75, 3.05) is 5.73 Å². The van der Waals surface area contributed by atoms with Crippen molar-refractivity contribution in [1.82, 2.24) is 9.55 Å². The van der Waals surface area contributed by atoms with Gasteiger partial charge in [0.15, 0.2) is 0 Å². The van der Waals surface area contributed by atoms with Gasteiger partial charge in [0, 0.05) is 23.3 Å². The lowest BCUT2D eigenvalue weighted by Gasteiger charge is -1.96. The van der Waals surface area contributed by atoms with Crippen molar-refractivity contribution < 1.29 is 0 Å². The molecule has 0 aliphatic carbocycles. The molecule has 0 unspecified atom stereocenters. The molecule has 0 radical (unpaired) electrons. The maximum atomic E-state index is 11.8. The number of aromatic amines is 1. The van der Waals surface area contributed by atoms with Gasteiger partial charge < -0.3 is 15.3 Å². The first-order chi connectivity index (χ1) is 7.68. The van der Waals surface area contributed by atoms with Crippen molar-refractivity contribution in [3.8, 4) is 0 Å². The molecule has 0 saturated carbocycles. The van der Waals surface area contributed by atoms with E-state index in [0.29, 0.717) is 11.3 Å². The fourth-order valence-corrected chi connectivity index (χ4v) is 2.23. The Bertz CT molecular complexity index is 757. The number of hydrogen-bond donors (Lipinski definition) is 2. The molecule has 0 amide bonds. The van der Waals surface area contributed by atoms with Gasteiger partial charge in [0.05, 0.1) is 0 Å². The zero-order valence-electron chi connectivity index (χ0n) is 9.23. The number of nitrogen functional groups attached to an aromatic ring is 1. The van der Waals surface area contributed by atoms with Crippen LogP contribution in [-0.4, -0.2) is 9.55 Å². The van der Waals surface area contributed by atoms with Gasteiger partial charge >= 0.3 is 0 Å². The third-order valence-electron chi connectivity index (χ3n) is 2.92. The topological polar surface area (TPSA) is 63.8 Å². The number of aromatic nitrogens is 2. The molecular weight excluding hydrogens is 238 g/mol. The monoisotopic (exact) mass is 249 g/mol. The van der Waals surface area contributed by atoms with Crippen LogP contribution in [0.4, 0.5) is 5.82 Å². The highest BCUT2D eigenvalue weighted by Gasteiger charge is 2.10. The first-order valence-electron chi connectivity index (χ1n) is 5.04. The van der Waals surface area contributed by atoms with Gasteiger partial charge in [0.2, 0.25) is 0 Å². The number of H-pyrrole nitrogens is 1. The Morgan fingerprint density at radius 1 is 1.24 bits per heavy atom. The van der Waals surface area contributed by atoms with Crippen LogP contribution in [0, 0.1) is 0 Å². The molecule has 0 fully saturated rings. The summed E-state index contributed by atoms with van der Waals surface area (Å²) < 4.78 is 1.89. The third kappa shape index (κ3) is 1.49. The summed E-state index contributed by atoms with van der Waals surface area (Å²) in [6.45, 7) is 0. The Morgan fingerprint density at radius 3 is 2.71 bits per heavy atom. The Balaban J connectivity index is 0.00000108. The van der Waals surface area contributed by atoms with Gasteiger partial charge in [-0.2, -0.15) is 0 Å². The number of nitrogens with zero attached hydrogens (tertiary/aromatic N) is 1. The van der Waals surface area contributed by atoms with Crippen LogP contribution < -0.4 is 11.3 Å². The fraction of sp³-hybridized carbons (Fsp3) is 0.0833. The Hall–Kier alpha value is -1.94. The summed E-state index contributed by atoms with van der Waals surface area (Å²) in [5, 5.41) is 1.96. The Kier molecular flexibility index (Phi) is 2.59. The summed E-state index contributed by atoms with van der Waals surface area (Å²) in [6.07, 6.45) is 0. The van der Waals surface area contributed by atoms with Crippen LogP contribution >= 0.6 is 12.4 Å². The molecule has 0 spiro atoms. The molecule has 2 heterocycles. The van der Waals surface area contributed by atoms with Crippen LogP contribution in [0.5, 0.6) is 0 Å². The summed E-state index contributed by atoms with van der Waals surface area (Å²) in [4.78, 5) is 14.4. The van der Waals surface area contributed by atoms with Gasteiger partial charge in [0.1, 0.15) is 11.3 Å². The first kappa shape index (κ1) is 11.5. The minimum absolute atomic E-state index is 0. The zero-order valence-corrected chi connectivity index (χ0v) is 10.0. The summed E-state index contributed by atoms with van der Waals surface area (Å²) in [6, 6.07) is 9.71. The molecule has 3 rings (SSSR count). The summed E-state index contributed by atoms with van der Waals surface area (Å²) in [7, 11) is 1.89. The summed E-state index contributed by atoms with van der Waals surface area (Å²) in [5.74, 6) is 0.397. The highest BCUT2D eigenvalue weighted by molar-refractivity contribution is 6.08. The van der Waals surface area contributed by atoms with Gasteiger partial charge in [-0.05, 0) is 12.1 Å². The van der Waals surface area contributed by atoms with E-state index in [2.05, 4.69) is 4.98 Å². The molecule has 1 aromatic carbocycles. The lowest BCUT2D eigenvalue weighted by Crippen LogP contribution is -2.11. The molecular formula is C12H12ClN3O. The molecule has 0 saturated heterocycles. The van der Waals surface area contributed by atoms with E-state index in [1.54, 1.807) is 6.07 Å². The number of halogens is 1. The van der Waals surface area contributed by atoms with Crippen molar-refractivity contribution in [2.45, 2.75) is 0 Å². The van der Waals surface area contributed by atoms with E-state index < -0.39 is 0 Å². The second-order valence-electron chi connectivity index (χ2n) is 3.89. The van der Waals surface area contributed by atoms with Gasteiger partial charge in [-0.15, -0.1) is 12.4 Å². The molecule has 88 valence electrons. The lowest BCUT2D eigenvalue weighted by molar-refractivity contribution is 1.00. The number of rotatable bonds is 0. The minimum Gasteiger partial charge on any atom is -0.385 e. The van der Waals surface area contributed by atoms with E-state index in [0.717, 1.165) is 16.3 Å². The second kappa shape index (κ2) is 3.82. The average molecular weight is 250 g/mol. The summed E-state index contributed by atoms with van der Waals surface area (Å²) in [5.41, 5.74) is 7.21. The molecule has 0 bridgehead atoms. The molecule has 3 aromatic rings. The van der Waals surface area contributed by atoms with Crippen molar-refractivity contribution >= 4 is 40.0 Å². The molecule has 0 aliphatic rings. The van der Waals surface area contributed by atoms with Crippen molar-refractivity contribution in [2.24, 2.45) is 7.05 Å². The average Bonchev–Trinajstić information content (AvgIpc) is 2.54. The largest absolute Gasteiger partial charge is 0.385 e. The van der Waals surface area contributed by atoms with E-state index in [4.69, 9.17) is 5.73 Å². The predicted octanol–water partition coefficient (Wildman–Crippen LogP) is 2.02. The molecule has 3 N–H and O–H groups in total. The quantitative estimate of drug-likeness (QED) is 0.640. The second-order valence-corrected chi connectivity index (χ2v) is 3.89. The standard InChI is InChI=1S/C12H11N3O.ClH/c1-15-9-5-3-2-4-7(9)8-6-10(13)14-12(16)11(8)15;/h2-6H,1H3,(H3,13,14,16);1H. The number of pyridine rings is 1. The predicted molar refractivity (Wildman–Crippen MR) is 72.7 cm³/mol. The third-order valence-corrected chi connectivity index (χ3v) is 2.92. The van der Waals surface area contributed by atoms with E-state index in [-0.39, 0.29) is 18.0 Å². The SMILES string of the molecule is Cl.Cn1c2ccccc2c2cc(N)[nH]c(=O)c21. The normalized spacial score (nSPS) is 10.6. The number of nitrogens with one attached hydrogen (secondary N) is 1. The molecule has 0 aliphatic heterocycles. The number of benzene rings is 1. The van der Waals surface area contributed by atoms with E-state index >= 15 is 0 Å². The minimum atomic E-state index is -0.145. The van der Waals surface area contributed by atoms with Crippen LogP contribution in [0.2, 0.25) is 0 Å². The maximum Gasteiger partial charge on any atom is 0.274 e. The number of nitrogens with two attached hydrogens (primary N) is 1. The number of fused-ring (bicyclic) bond motifs is 3. The molecule has 17 heavy (non-hydrogen) atoms. The van der Waals surface area contributed by atoms with Gasteiger partial charge in [-0.3, -0.25) is 4.79 Å². The lowest BCUT2D eigenvalue weighted by atomic mass is 10.2. The first-order valence-corrected chi connectivity index (χ1v) is 5.04. The van der Waals surface area contributed by atoms with Crippen molar-refractivity contribution in [3.63, 3.8) is 0 Å². The van der Waals surface area contributed by atoms with Crippen LogP contribution in [0.15, 0.2) is 35.1 Å².